The van der Waals surface area contributed by atoms with Crippen LogP contribution in [0.25, 0.3) is 0 Å². The lowest BCUT2D eigenvalue weighted by molar-refractivity contribution is -0.870. The molecule has 0 aromatic rings. The SMILES string of the molecule is CC/C=C\C/C=C\C/C=C\C/C=C\C/C=C\C/C=C\CCCCC(=O)OC(/C=C\CCCCCCCCCCCC)C(COP(=O)(O)OCC[N+](C)(C)C)NC(=O)CCCCCCCCCCCCCCCCC/C=C/CCCCCCCC. The Morgan fingerprint density at radius 3 is 1.17 bits per heavy atom. The molecule has 0 heterocycles. The van der Waals surface area contributed by atoms with Crippen molar-refractivity contribution in [2.45, 2.75) is 322 Å². The minimum absolute atomic E-state index is 0.0300. The molecule has 3 unspecified atom stereocenters. The molecule has 84 heavy (non-hydrogen) atoms. The van der Waals surface area contributed by atoms with Gasteiger partial charge in [-0.25, -0.2) is 4.57 Å². The van der Waals surface area contributed by atoms with Gasteiger partial charge < -0.3 is 19.4 Å². The highest BCUT2D eigenvalue weighted by atomic mass is 31.2. The van der Waals surface area contributed by atoms with E-state index in [0.717, 1.165) is 89.9 Å². The topological polar surface area (TPSA) is 111 Å². The van der Waals surface area contributed by atoms with Gasteiger partial charge in [-0.3, -0.25) is 18.6 Å². The molecule has 10 heteroatoms. The van der Waals surface area contributed by atoms with E-state index >= 15 is 0 Å². The fourth-order valence-electron chi connectivity index (χ4n) is 9.88. The largest absolute Gasteiger partial charge is 0.472 e. The smallest absolute Gasteiger partial charge is 0.456 e. The number of phosphoric acid groups is 1. The number of allylic oxidation sites excluding steroid dienone is 15. The molecule has 0 aromatic carbocycles. The molecule has 0 rings (SSSR count). The molecule has 0 spiro atoms. The Morgan fingerprint density at radius 1 is 0.429 bits per heavy atom. The molecule has 9 nitrogen and oxygen atoms in total. The fraction of sp³-hybridized carbons (Fsp3) is 0.757. The van der Waals surface area contributed by atoms with Crippen LogP contribution in [0.4, 0.5) is 0 Å². The number of quaternary nitrogens is 1. The van der Waals surface area contributed by atoms with Gasteiger partial charge in [0.1, 0.15) is 19.3 Å². The summed E-state index contributed by atoms with van der Waals surface area (Å²) in [7, 11) is 1.47. The molecular formula is C74H134N2O7P+. The Labute approximate surface area is 519 Å². The fourth-order valence-corrected chi connectivity index (χ4v) is 10.6. The van der Waals surface area contributed by atoms with Gasteiger partial charge in [0, 0.05) is 12.8 Å². The summed E-state index contributed by atoms with van der Waals surface area (Å²) in [5, 5.41) is 3.06. The maximum absolute atomic E-state index is 13.6. The molecule has 0 aliphatic carbocycles. The van der Waals surface area contributed by atoms with Crippen molar-refractivity contribution < 1.29 is 37.3 Å². The molecule has 0 fully saturated rings. The summed E-state index contributed by atoms with van der Waals surface area (Å²) < 4.78 is 30.8. The van der Waals surface area contributed by atoms with Crippen molar-refractivity contribution in [3.05, 3.63) is 97.2 Å². The molecule has 0 saturated carbocycles. The molecular weight excluding hydrogens is 1060 g/mol. The second kappa shape index (κ2) is 63.0. The third-order valence-corrected chi connectivity index (χ3v) is 16.2. The summed E-state index contributed by atoms with van der Waals surface area (Å²) in [5.74, 6) is -0.551. The molecule has 0 aliphatic heterocycles. The zero-order valence-electron chi connectivity index (χ0n) is 55.6. The predicted molar refractivity (Wildman–Crippen MR) is 364 cm³/mol. The highest BCUT2D eigenvalue weighted by molar-refractivity contribution is 7.47. The van der Waals surface area contributed by atoms with Crippen LogP contribution in [0.1, 0.15) is 310 Å². The second-order valence-electron chi connectivity index (χ2n) is 24.7. The number of esters is 1. The van der Waals surface area contributed by atoms with Gasteiger partial charge in [0.15, 0.2) is 0 Å². The molecule has 1 amide bonds. The van der Waals surface area contributed by atoms with Gasteiger partial charge in [0.2, 0.25) is 5.91 Å². The number of unbranched alkanes of at least 4 members (excludes halogenated alkanes) is 33. The number of amides is 1. The van der Waals surface area contributed by atoms with Crippen molar-refractivity contribution in [1.82, 2.24) is 5.32 Å². The maximum atomic E-state index is 13.6. The summed E-state index contributed by atoms with van der Waals surface area (Å²) in [6.45, 7) is 6.89. The van der Waals surface area contributed by atoms with Crippen LogP contribution in [0.5, 0.6) is 0 Å². The van der Waals surface area contributed by atoms with Crippen LogP contribution in [-0.4, -0.2) is 74.3 Å². The van der Waals surface area contributed by atoms with E-state index in [1.54, 1.807) is 0 Å². The first-order valence-electron chi connectivity index (χ1n) is 35.1. The van der Waals surface area contributed by atoms with Gasteiger partial charge in [-0.1, -0.05) is 285 Å². The number of carbonyl (C=O) groups excluding carboxylic acids is 2. The molecule has 0 aliphatic rings. The first kappa shape index (κ1) is 80.9. The summed E-state index contributed by atoms with van der Waals surface area (Å²) >= 11 is 0. The normalized spacial score (nSPS) is 14.1. The third-order valence-electron chi connectivity index (χ3n) is 15.3. The number of phosphoric ester groups is 1. The van der Waals surface area contributed by atoms with E-state index in [1.165, 1.54) is 180 Å². The van der Waals surface area contributed by atoms with Gasteiger partial charge in [-0.05, 0) is 109 Å². The molecule has 2 N–H and O–H groups in total. The van der Waals surface area contributed by atoms with E-state index < -0.39 is 20.0 Å². The standard InChI is InChI=1S/C74H133N2O7P/c1-7-10-13-16-19-22-25-28-30-32-34-36-37-38-39-41-42-44-46-48-51-54-57-60-63-66-73(77)75-71(70-82-84(79,80)81-69-68-76(4,5)6)72(65-62-59-56-53-50-27-24-21-18-15-12-9-3)83-74(78)67-64-61-58-55-52-49-47-45-43-40-35-33-31-29-26-23-20-17-14-11-8-2/h11,14,20,23,28-31,35,40,45,47,52,55,62,65,71-72H,7-10,12-13,15-19,21-22,24-27,32-34,36-39,41-44,46,48-51,53-54,56-61,63-64,66-70H2,1-6H3,(H-,75,77,79,80)/p+1/b14-11-,23-20-,30-28+,31-29-,40-35-,47-45-,55-52-,65-62-. The lowest BCUT2D eigenvalue weighted by Gasteiger charge is -2.27. The Bertz CT molecular complexity index is 1760. The highest BCUT2D eigenvalue weighted by Gasteiger charge is 2.30. The highest BCUT2D eigenvalue weighted by Crippen LogP contribution is 2.43. The molecule has 0 saturated heterocycles. The predicted octanol–water partition coefficient (Wildman–Crippen LogP) is 22.3. The zero-order valence-corrected chi connectivity index (χ0v) is 56.5. The first-order valence-corrected chi connectivity index (χ1v) is 36.6. The van der Waals surface area contributed by atoms with Crippen molar-refractivity contribution in [3.8, 4) is 0 Å². The number of likely N-dealkylation sites (N-methyl/N-ethyl adjacent to an activating group) is 1. The van der Waals surface area contributed by atoms with Gasteiger partial charge in [0.25, 0.3) is 0 Å². The monoisotopic (exact) mass is 1190 g/mol. The number of hydrogen-bond acceptors (Lipinski definition) is 6. The van der Waals surface area contributed by atoms with Crippen molar-refractivity contribution >= 4 is 19.7 Å². The summed E-state index contributed by atoms with van der Waals surface area (Å²) in [6, 6.07) is -0.872. The lowest BCUT2D eigenvalue weighted by Crippen LogP contribution is -2.47. The number of carbonyl (C=O) groups is 2. The number of hydrogen-bond donors (Lipinski definition) is 2. The average Bonchev–Trinajstić information content (AvgIpc) is 3.65. The number of nitrogens with zero attached hydrogens (tertiary/aromatic N) is 1. The Balaban J connectivity index is 5.14. The maximum Gasteiger partial charge on any atom is 0.472 e. The minimum Gasteiger partial charge on any atom is -0.456 e. The van der Waals surface area contributed by atoms with Crippen molar-refractivity contribution in [2.24, 2.45) is 0 Å². The molecule has 0 aromatic heterocycles. The van der Waals surface area contributed by atoms with E-state index in [-0.39, 0.29) is 31.5 Å². The van der Waals surface area contributed by atoms with E-state index in [9.17, 15) is 19.0 Å². The summed E-state index contributed by atoms with van der Waals surface area (Å²) in [4.78, 5) is 37.9. The van der Waals surface area contributed by atoms with Gasteiger partial charge in [-0.2, -0.15) is 0 Å². The van der Waals surface area contributed by atoms with E-state index in [2.05, 4.69) is 111 Å². The molecule has 3 atom stereocenters. The Hall–Kier alpha value is -3.07. The van der Waals surface area contributed by atoms with Crippen LogP contribution in [0.2, 0.25) is 0 Å². The van der Waals surface area contributed by atoms with Crippen LogP contribution in [0.15, 0.2) is 97.2 Å². The van der Waals surface area contributed by atoms with E-state index in [1.807, 2.05) is 33.3 Å². The van der Waals surface area contributed by atoms with E-state index in [4.69, 9.17) is 13.8 Å². The number of nitrogens with one attached hydrogen (secondary N) is 1. The van der Waals surface area contributed by atoms with Gasteiger partial charge >= 0.3 is 13.8 Å². The van der Waals surface area contributed by atoms with Crippen LogP contribution < -0.4 is 5.32 Å². The van der Waals surface area contributed by atoms with E-state index in [0.29, 0.717) is 23.9 Å². The lowest BCUT2D eigenvalue weighted by atomic mass is 10.0. The summed E-state index contributed by atoms with van der Waals surface area (Å²) in [6.07, 6.45) is 85.7. The Kier molecular flexibility index (Phi) is 60.7. The molecule has 0 radical (unpaired) electrons. The zero-order chi connectivity index (χ0) is 61.4. The first-order chi connectivity index (χ1) is 40.9. The van der Waals surface area contributed by atoms with Crippen molar-refractivity contribution in [3.63, 3.8) is 0 Å². The average molecular weight is 1190 g/mol. The number of rotatable bonds is 63. The van der Waals surface area contributed by atoms with Crippen LogP contribution >= 0.6 is 7.82 Å². The van der Waals surface area contributed by atoms with Crippen molar-refractivity contribution in [1.29, 1.82) is 0 Å². The van der Waals surface area contributed by atoms with Crippen LogP contribution in [0.3, 0.4) is 0 Å². The van der Waals surface area contributed by atoms with Gasteiger partial charge in [-0.15, -0.1) is 0 Å². The molecule has 0 bridgehead atoms. The van der Waals surface area contributed by atoms with Crippen LogP contribution in [-0.2, 0) is 27.9 Å². The minimum atomic E-state index is -4.47. The second-order valence-corrected chi connectivity index (χ2v) is 26.1. The van der Waals surface area contributed by atoms with Crippen LogP contribution in [0, 0.1) is 0 Å². The van der Waals surface area contributed by atoms with Crippen molar-refractivity contribution in [2.75, 3.05) is 40.9 Å². The number of ether oxygens (including phenoxy) is 1. The third kappa shape index (κ3) is 63.4. The quantitative estimate of drug-likeness (QED) is 0.0205. The summed E-state index contributed by atoms with van der Waals surface area (Å²) in [5.41, 5.74) is 0. The molecule has 486 valence electrons. The van der Waals surface area contributed by atoms with Gasteiger partial charge in [0.05, 0.1) is 33.8 Å². The Morgan fingerprint density at radius 2 is 0.762 bits per heavy atom.